The van der Waals surface area contributed by atoms with E-state index in [4.69, 9.17) is 4.74 Å². The van der Waals surface area contributed by atoms with Crippen LogP contribution in [0.2, 0.25) is 0 Å². The Morgan fingerprint density at radius 3 is 2.50 bits per heavy atom. The minimum absolute atomic E-state index is 0.311. The Labute approximate surface area is 105 Å². The van der Waals surface area contributed by atoms with Crippen LogP contribution >= 0.6 is 0 Å². The van der Waals surface area contributed by atoms with Crippen molar-refractivity contribution in [3.8, 4) is 5.88 Å². The summed E-state index contributed by atoms with van der Waals surface area (Å²) in [4.78, 5) is 15.4. The molecule has 1 unspecified atom stereocenters. The summed E-state index contributed by atoms with van der Waals surface area (Å²) in [7, 11) is 0. The Morgan fingerprint density at radius 1 is 1.17 bits per heavy atom. The van der Waals surface area contributed by atoms with Crippen molar-refractivity contribution in [1.29, 1.82) is 0 Å². The number of carboxylic acid groups (broad SMARTS) is 1. The van der Waals surface area contributed by atoms with E-state index in [9.17, 15) is 9.90 Å². The van der Waals surface area contributed by atoms with Crippen molar-refractivity contribution >= 4 is 5.97 Å². The van der Waals surface area contributed by atoms with E-state index < -0.39 is 12.1 Å². The molecule has 1 aromatic carbocycles. The van der Waals surface area contributed by atoms with Crippen LogP contribution in [0, 0.1) is 6.92 Å². The van der Waals surface area contributed by atoms with Gasteiger partial charge in [0.1, 0.15) is 0 Å². The first-order chi connectivity index (χ1) is 8.66. The fourth-order valence-corrected chi connectivity index (χ4v) is 1.59. The number of nitrogens with zero attached hydrogens (tertiary/aromatic N) is 1. The molecule has 0 saturated carbocycles. The molecule has 0 aliphatic heterocycles. The maximum atomic E-state index is 11.2. The summed E-state index contributed by atoms with van der Waals surface area (Å²) in [5.41, 5.74) is 1.37. The number of ether oxygens (including phenoxy) is 1. The van der Waals surface area contributed by atoms with E-state index >= 15 is 0 Å². The fourth-order valence-electron chi connectivity index (χ4n) is 1.59. The lowest BCUT2D eigenvalue weighted by Gasteiger charge is -2.14. The molecule has 0 spiro atoms. The van der Waals surface area contributed by atoms with Crippen LogP contribution in [-0.2, 0) is 4.79 Å². The fraction of sp³-hybridized carbons (Fsp3) is 0.143. The zero-order valence-electron chi connectivity index (χ0n) is 9.91. The molecule has 1 atom stereocenters. The Hall–Kier alpha value is -2.36. The van der Waals surface area contributed by atoms with Gasteiger partial charge in [-0.2, -0.15) is 0 Å². The van der Waals surface area contributed by atoms with Crippen molar-refractivity contribution in [1.82, 2.24) is 4.98 Å². The van der Waals surface area contributed by atoms with Crippen LogP contribution in [0.3, 0.4) is 0 Å². The quantitative estimate of drug-likeness (QED) is 0.896. The normalized spacial score (nSPS) is 11.8. The van der Waals surface area contributed by atoms with Gasteiger partial charge in [0.05, 0.1) is 0 Å². The number of aliphatic carboxylic acids is 1. The summed E-state index contributed by atoms with van der Waals surface area (Å²) in [6.07, 6.45) is -1.04. The van der Waals surface area contributed by atoms with Crippen LogP contribution in [0.15, 0.2) is 48.5 Å². The molecule has 0 radical (unpaired) electrons. The molecular weight excluding hydrogens is 230 g/mol. The number of aromatic nitrogens is 1. The number of pyridine rings is 1. The summed E-state index contributed by atoms with van der Waals surface area (Å²) in [6.45, 7) is 1.82. The third-order valence-electron chi connectivity index (χ3n) is 2.43. The highest BCUT2D eigenvalue weighted by molar-refractivity contribution is 5.74. The lowest BCUT2D eigenvalue weighted by atomic mass is 10.1. The minimum Gasteiger partial charge on any atom is -0.478 e. The molecule has 0 amide bonds. The average Bonchev–Trinajstić information content (AvgIpc) is 2.37. The number of rotatable bonds is 4. The molecule has 0 bridgehead atoms. The molecule has 4 nitrogen and oxygen atoms in total. The second-order valence-electron chi connectivity index (χ2n) is 3.86. The van der Waals surface area contributed by atoms with Crippen molar-refractivity contribution in [2.45, 2.75) is 13.0 Å². The van der Waals surface area contributed by atoms with Gasteiger partial charge in [-0.05, 0) is 13.0 Å². The van der Waals surface area contributed by atoms with Crippen molar-refractivity contribution in [3.63, 3.8) is 0 Å². The number of benzene rings is 1. The SMILES string of the molecule is Cc1cccc(OC(C(=O)O)c2ccccc2)n1. The van der Waals surface area contributed by atoms with Crippen LogP contribution in [0.1, 0.15) is 17.4 Å². The van der Waals surface area contributed by atoms with E-state index in [1.807, 2.05) is 19.1 Å². The third-order valence-corrected chi connectivity index (χ3v) is 2.43. The van der Waals surface area contributed by atoms with E-state index in [1.165, 1.54) is 0 Å². The lowest BCUT2D eigenvalue weighted by molar-refractivity contribution is -0.145. The molecule has 2 aromatic rings. The highest BCUT2D eigenvalue weighted by Crippen LogP contribution is 2.20. The molecule has 1 aromatic heterocycles. The van der Waals surface area contributed by atoms with E-state index in [0.29, 0.717) is 11.4 Å². The van der Waals surface area contributed by atoms with Crippen molar-refractivity contribution < 1.29 is 14.6 Å². The molecule has 92 valence electrons. The number of aryl methyl sites for hydroxylation is 1. The third kappa shape index (κ3) is 2.85. The Balaban J connectivity index is 2.25. The van der Waals surface area contributed by atoms with Gasteiger partial charge < -0.3 is 9.84 Å². The van der Waals surface area contributed by atoms with E-state index in [-0.39, 0.29) is 0 Å². The highest BCUT2D eigenvalue weighted by Gasteiger charge is 2.21. The van der Waals surface area contributed by atoms with Gasteiger partial charge in [0.15, 0.2) is 0 Å². The smallest absolute Gasteiger partial charge is 0.349 e. The van der Waals surface area contributed by atoms with Gasteiger partial charge in [0, 0.05) is 17.3 Å². The second kappa shape index (κ2) is 5.31. The second-order valence-corrected chi connectivity index (χ2v) is 3.86. The predicted octanol–water partition coefficient (Wildman–Crippen LogP) is 2.59. The Kier molecular flexibility index (Phi) is 3.57. The molecule has 18 heavy (non-hydrogen) atoms. The van der Waals surface area contributed by atoms with Gasteiger partial charge in [-0.1, -0.05) is 36.4 Å². The molecule has 1 N–H and O–H groups in total. The van der Waals surface area contributed by atoms with Crippen LogP contribution in [-0.4, -0.2) is 16.1 Å². The van der Waals surface area contributed by atoms with Gasteiger partial charge in [-0.15, -0.1) is 0 Å². The van der Waals surface area contributed by atoms with E-state index in [2.05, 4.69) is 4.98 Å². The molecular formula is C14H13NO3. The van der Waals surface area contributed by atoms with Crippen LogP contribution in [0.5, 0.6) is 5.88 Å². The van der Waals surface area contributed by atoms with E-state index in [0.717, 1.165) is 5.69 Å². The summed E-state index contributed by atoms with van der Waals surface area (Å²) < 4.78 is 5.43. The zero-order valence-corrected chi connectivity index (χ0v) is 9.91. The molecule has 1 heterocycles. The zero-order chi connectivity index (χ0) is 13.0. The predicted molar refractivity (Wildman–Crippen MR) is 66.4 cm³/mol. The molecule has 2 rings (SSSR count). The molecule has 0 aliphatic carbocycles. The average molecular weight is 243 g/mol. The first-order valence-corrected chi connectivity index (χ1v) is 5.55. The maximum Gasteiger partial charge on any atom is 0.349 e. The molecule has 0 aliphatic rings. The summed E-state index contributed by atoms with van der Waals surface area (Å²) in [5, 5.41) is 9.20. The number of hydrogen-bond donors (Lipinski definition) is 1. The summed E-state index contributed by atoms with van der Waals surface area (Å²) in [5.74, 6) is -0.726. The van der Waals surface area contributed by atoms with Crippen molar-refractivity contribution in [2.24, 2.45) is 0 Å². The monoisotopic (exact) mass is 243 g/mol. The highest BCUT2D eigenvalue weighted by atomic mass is 16.5. The first-order valence-electron chi connectivity index (χ1n) is 5.55. The Morgan fingerprint density at radius 2 is 1.89 bits per heavy atom. The standard InChI is InChI=1S/C14H13NO3/c1-10-6-5-9-12(15-10)18-13(14(16)17)11-7-3-2-4-8-11/h2-9,13H,1H3,(H,16,17). The maximum absolute atomic E-state index is 11.2. The van der Waals surface area contributed by atoms with Gasteiger partial charge >= 0.3 is 5.97 Å². The van der Waals surface area contributed by atoms with Crippen LogP contribution in [0.4, 0.5) is 0 Å². The Bertz CT molecular complexity index is 540. The number of carboxylic acids is 1. The summed E-state index contributed by atoms with van der Waals surface area (Å²) in [6, 6.07) is 14.1. The van der Waals surface area contributed by atoms with Gasteiger partial charge in [0.2, 0.25) is 12.0 Å². The largest absolute Gasteiger partial charge is 0.478 e. The minimum atomic E-state index is -1.04. The van der Waals surface area contributed by atoms with Gasteiger partial charge in [-0.25, -0.2) is 9.78 Å². The molecule has 0 fully saturated rings. The number of carbonyl (C=O) groups is 1. The van der Waals surface area contributed by atoms with Crippen LogP contribution in [0.25, 0.3) is 0 Å². The molecule has 0 saturated heterocycles. The van der Waals surface area contributed by atoms with Crippen LogP contribution < -0.4 is 4.74 Å². The number of hydrogen-bond acceptors (Lipinski definition) is 3. The van der Waals surface area contributed by atoms with Gasteiger partial charge in [0.25, 0.3) is 0 Å². The topological polar surface area (TPSA) is 59.4 Å². The molecule has 4 heteroatoms. The first kappa shape index (κ1) is 12.1. The van der Waals surface area contributed by atoms with Gasteiger partial charge in [-0.3, -0.25) is 0 Å². The van der Waals surface area contributed by atoms with Crippen molar-refractivity contribution in [3.05, 3.63) is 59.8 Å². The lowest BCUT2D eigenvalue weighted by Crippen LogP contribution is -2.18. The van der Waals surface area contributed by atoms with Crippen molar-refractivity contribution in [2.75, 3.05) is 0 Å². The van der Waals surface area contributed by atoms with E-state index in [1.54, 1.807) is 36.4 Å². The summed E-state index contributed by atoms with van der Waals surface area (Å²) >= 11 is 0.